The fourth-order valence-electron chi connectivity index (χ4n) is 2.57. The molecule has 2 nitrogen and oxygen atoms in total. The Kier molecular flexibility index (Phi) is 19.4. The first-order chi connectivity index (χ1) is 9.22. The summed E-state index contributed by atoms with van der Waals surface area (Å²) in [5, 5.41) is 3.62. The van der Waals surface area contributed by atoms with E-state index in [0.29, 0.717) is 6.17 Å². The maximum atomic E-state index is 3.62. The third kappa shape index (κ3) is 14.6. The first-order valence-corrected chi connectivity index (χ1v) is 8.62. The Hall–Kier alpha value is 0.210. The number of hydrogen-bond acceptors (Lipinski definition) is 2. The van der Waals surface area contributed by atoms with Crippen molar-refractivity contribution in [1.29, 1.82) is 0 Å². The Morgan fingerprint density at radius 3 is 1.60 bits per heavy atom. The van der Waals surface area contributed by atoms with Gasteiger partial charge in [-0.05, 0) is 33.5 Å². The predicted molar refractivity (Wildman–Crippen MR) is 94.9 cm³/mol. The standard InChI is InChI=1S/C17H38N2.ClH/c1-5-7-8-9-10-11-12-13-14-15-16-18-17(6-2)19(3)4;/h17-18H,5-16H2,1-4H3;1H. The summed E-state index contributed by atoms with van der Waals surface area (Å²) in [4.78, 5) is 2.27. The number of halogens is 1. The lowest BCUT2D eigenvalue weighted by Crippen LogP contribution is -2.41. The van der Waals surface area contributed by atoms with Crippen molar-refractivity contribution in [3.8, 4) is 0 Å². The fourth-order valence-corrected chi connectivity index (χ4v) is 2.57. The lowest BCUT2D eigenvalue weighted by Gasteiger charge is -2.24. The second kappa shape index (κ2) is 17.3. The summed E-state index contributed by atoms with van der Waals surface area (Å²) in [7, 11) is 4.30. The minimum absolute atomic E-state index is 0. The number of nitrogens with one attached hydrogen (secondary N) is 1. The predicted octanol–water partition coefficient (Wildman–Crippen LogP) is 5.22. The quantitative estimate of drug-likeness (QED) is 0.350. The van der Waals surface area contributed by atoms with Gasteiger partial charge in [0.15, 0.2) is 0 Å². The van der Waals surface area contributed by atoms with Crippen LogP contribution < -0.4 is 5.32 Å². The lowest BCUT2D eigenvalue weighted by atomic mass is 10.1. The van der Waals surface area contributed by atoms with Gasteiger partial charge < -0.3 is 5.32 Å². The molecule has 0 spiro atoms. The third-order valence-corrected chi connectivity index (χ3v) is 3.92. The summed E-state index contributed by atoms with van der Waals surface area (Å²) in [6.45, 7) is 5.71. The van der Waals surface area contributed by atoms with E-state index in [1.54, 1.807) is 0 Å². The molecule has 0 aromatic rings. The molecule has 0 rings (SSSR count). The fraction of sp³-hybridized carbons (Fsp3) is 1.00. The molecule has 0 aliphatic heterocycles. The van der Waals surface area contributed by atoms with Crippen LogP contribution in [0.5, 0.6) is 0 Å². The number of nitrogens with zero attached hydrogens (tertiary/aromatic N) is 1. The number of hydrogen-bond donors (Lipinski definition) is 1. The summed E-state index contributed by atoms with van der Waals surface area (Å²) in [6.07, 6.45) is 15.9. The van der Waals surface area contributed by atoms with Crippen LogP contribution in [0.4, 0.5) is 0 Å². The van der Waals surface area contributed by atoms with Crippen molar-refractivity contribution < 1.29 is 0 Å². The zero-order valence-corrected chi connectivity index (χ0v) is 15.2. The second-order valence-corrected chi connectivity index (χ2v) is 6.02. The van der Waals surface area contributed by atoms with Crippen molar-refractivity contribution in [3.05, 3.63) is 0 Å². The molecule has 0 aromatic heterocycles. The maximum Gasteiger partial charge on any atom is 0.0589 e. The number of rotatable bonds is 14. The summed E-state index contributed by atoms with van der Waals surface area (Å²) in [5.74, 6) is 0. The molecule has 0 radical (unpaired) electrons. The van der Waals surface area contributed by atoms with Crippen molar-refractivity contribution in [2.24, 2.45) is 0 Å². The van der Waals surface area contributed by atoms with E-state index in [4.69, 9.17) is 0 Å². The maximum absolute atomic E-state index is 3.62. The van der Waals surface area contributed by atoms with Gasteiger partial charge in [-0.3, -0.25) is 4.90 Å². The lowest BCUT2D eigenvalue weighted by molar-refractivity contribution is 0.238. The van der Waals surface area contributed by atoms with E-state index in [1.165, 1.54) is 77.2 Å². The van der Waals surface area contributed by atoms with Gasteiger partial charge >= 0.3 is 0 Å². The van der Waals surface area contributed by atoms with E-state index in [2.05, 4.69) is 38.2 Å². The molecular weight excluding hydrogens is 268 g/mol. The second-order valence-electron chi connectivity index (χ2n) is 6.02. The third-order valence-electron chi connectivity index (χ3n) is 3.92. The average molecular weight is 307 g/mol. The van der Waals surface area contributed by atoms with Crippen LogP contribution in [-0.4, -0.2) is 31.7 Å². The van der Waals surface area contributed by atoms with Gasteiger partial charge in [0.1, 0.15) is 0 Å². The van der Waals surface area contributed by atoms with Crippen molar-refractivity contribution in [2.45, 2.75) is 90.6 Å². The topological polar surface area (TPSA) is 15.3 Å². The molecule has 0 fully saturated rings. The molecule has 0 aliphatic rings. The van der Waals surface area contributed by atoms with Crippen LogP contribution >= 0.6 is 12.4 Å². The molecule has 124 valence electrons. The molecule has 0 heterocycles. The van der Waals surface area contributed by atoms with Gasteiger partial charge in [0.2, 0.25) is 0 Å². The van der Waals surface area contributed by atoms with E-state index in [-0.39, 0.29) is 12.4 Å². The van der Waals surface area contributed by atoms with Gasteiger partial charge in [-0.15, -0.1) is 12.4 Å². The van der Waals surface area contributed by atoms with Crippen molar-refractivity contribution >= 4 is 12.4 Å². The van der Waals surface area contributed by atoms with Crippen molar-refractivity contribution in [1.82, 2.24) is 10.2 Å². The van der Waals surface area contributed by atoms with Crippen LogP contribution in [0.25, 0.3) is 0 Å². The number of unbranched alkanes of at least 4 members (excludes halogenated alkanes) is 9. The van der Waals surface area contributed by atoms with Crippen LogP contribution in [0.2, 0.25) is 0 Å². The Labute approximate surface area is 134 Å². The van der Waals surface area contributed by atoms with Crippen LogP contribution in [0.1, 0.15) is 84.5 Å². The van der Waals surface area contributed by atoms with Gasteiger partial charge in [-0.2, -0.15) is 0 Å². The van der Waals surface area contributed by atoms with Crippen LogP contribution in [0.3, 0.4) is 0 Å². The molecule has 1 atom stereocenters. The van der Waals surface area contributed by atoms with Crippen molar-refractivity contribution in [2.75, 3.05) is 20.6 Å². The van der Waals surface area contributed by atoms with Crippen molar-refractivity contribution in [3.63, 3.8) is 0 Å². The molecule has 1 N–H and O–H groups in total. The van der Waals surface area contributed by atoms with E-state index >= 15 is 0 Å². The summed E-state index contributed by atoms with van der Waals surface area (Å²) < 4.78 is 0. The van der Waals surface area contributed by atoms with Gasteiger partial charge in [-0.25, -0.2) is 0 Å². The SMILES string of the molecule is CCCCCCCCCCCCNC(CC)N(C)C.Cl. The van der Waals surface area contributed by atoms with Gasteiger partial charge in [0.05, 0.1) is 6.17 Å². The van der Waals surface area contributed by atoms with Crippen LogP contribution in [-0.2, 0) is 0 Å². The molecule has 0 amide bonds. The largest absolute Gasteiger partial charge is 0.302 e. The van der Waals surface area contributed by atoms with E-state index in [9.17, 15) is 0 Å². The van der Waals surface area contributed by atoms with Gasteiger partial charge in [0, 0.05) is 0 Å². The van der Waals surface area contributed by atoms with Gasteiger partial charge in [-0.1, -0.05) is 71.6 Å². The molecule has 0 aliphatic carbocycles. The molecule has 0 aromatic carbocycles. The molecule has 0 saturated heterocycles. The van der Waals surface area contributed by atoms with Crippen LogP contribution in [0.15, 0.2) is 0 Å². The Morgan fingerprint density at radius 1 is 0.750 bits per heavy atom. The average Bonchev–Trinajstić information content (AvgIpc) is 2.40. The zero-order valence-electron chi connectivity index (χ0n) is 14.4. The molecule has 1 unspecified atom stereocenters. The Bertz CT molecular complexity index is 174. The Morgan fingerprint density at radius 2 is 1.20 bits per heavy atom. The first-order valence-electron chi connectivity index (χ1n) is 8.62. The van der Waals surface area contributed by atoms with E-state index in [0.717, 1.165) is 0 Å². The highest BCUT2D eigenvalue weighted by Gasteiger charge is 2.05. The van der Waals surface area contributed by atoms with E-state index < -0.39 is 0 Å². The smallest absolute Gasteiger partial charge is 0.0589 e. The zero-order chi connectivity index (χ0) is 14.3. The molecule has 0 saturated carbocycles. The first kappa shape index (κ1) is 22.5. The minimum atomic E-state index is 0. The molecule has 0 bridgehead atoms. The normalized spacial score (nSPS) is 12.4. The minimum Gasteiger partial charge on any atom is -0.302 e. The summed E-state index contributed by atoms with van der Waals surface area (Å²) in [6, 6.07) is 0. The monoisotopic (exact) mass is 306 g/mol. The van der Waals surface area contributed by atoms with Gasteiger partial charge in [0.25, 0.3) is 0 Å². The highest BCUT2D eigenvalue weighted by atomic mass is 35.5. The van der Waals surface area contributed by atoms with Crippen LogP contribution in [0, 0.1) is 0 Å². The molecule has 20 heavy (non-hydrogen) atoms. The highest BCUT2D eigenvalue weighted by Crippen LogP contribution is 2.10. The highest BCUT2D eigenvalue weighted by molar-refractivity contribution is 5.85. The summed E-state index contributed by atoms with van der Waals surface area (Å²) >= 11 is 0. The Balaban J connectivity index is 0. The summed E-state index contributed by atoms with van der Waals surface area (Å²) in [5.41, 5.74) is 0. The van der Waals surface area contributed by atoms with E-state index in [1.807, 2.05) is 0 Å². The molecular formula is C17H39ClN2. The molecule has 3 heteroatoms.